The SMILES string of the molecule is O=C1COc2ccc(C(O)C3(C(=O)O)CC3)cc2N1. The molecule has 100 valence electrons. The van der Waals surface area contributed by atoms with Crippen LogP contribution in [0.15, 0.2) is 18.2 Å². The van der Waals surface area contributed by atoms with E-state index in [0.717, 1.165) is 0 Å². The van der Waals surface area contributed by atoms with Crippen molar-refractivity contribution in [2.45, 2.75) is 18.9 Å². The van der Waals surface area contributed by atoms with Gasteiger partial charge in [-0.25, -0.2) is 0 Å². The Balaban J connectivity index is 1.92. The van der Waals surface area contributed by atoms with Crippen molar-refractivity contribution in [1.82, 2.24) is 0 Å². The molecule has 1 amide bonds. The number of aliphatic carboxylic acids is 1. The Labute approximate surface area is 109 Å². The van der Waals surface area contributed by atoms with Crippen LogP contribution in [0.1, 0.15) is 24.5 Å². The average molecular weight is 263 g/mol. The van der Waals surface area contributed by atoms with Gasteiger partial charge in [-0.1, -0.05) is 6.07 Å². The van der Waals surface area contributed by atoms with Gasteiger partial charge in [0.15, 0.2) is 6.61 Å². The molecule has 1 saturated carbocycles. The standard InChI is InChI=1S/C13H13NO5/c15-10-6-19-9-2-1-7(5-8(9)14-10)11(16)13(3-4-13)12(17)18/h1-2,5,11,16H,3-4,6H2,(H,14,15)(H,17,18). The van der Waals surface area contributed by atoms with E-state index in [1.165, 1.54) is 0 Å². The van der Waals surface area contributed by atoms with Crippen molar-refractivity contribution in [3.05, 3.63) is 23.8 Å². The van der Waals surface area contributed by atoms with Crippen LogP contribution in [0.2, 0.25) is 0 Å². The maximum atomic E-state index is 11.2. The van der Waals surface area contributed by atoms with Gasteiger partial charge in [0.25, 0.3) is 5.91 Å². The van der Waals surface area contributed by atoms with Gasteiger partial charge in [0.05, 0.1) is 17.2 Å². The Morgan fingerprint density at radius 1 is 1.42 bits per heavy atom. The molecule has 1 fully saturated rings. The number of aliphatic hydroxyl groups is 1. The van der Waals surface area contributed by atoms with E-state index in [1.54, 1.807) is 18.2 Å². The average Bonchev–Trinajstić information content (AvgIpc) is 3.18. The first-order chi connectivity index (χ1) is 9.03. The number of hydrogen-bond acceptors (Lipinski definition) is 4. The molecule has 0 spiro atoms. The molecule has 1 aromatic carbocycles. The van der Waals surface area contributed by atoms with E-state index >= 15 is 0 Å². The minimum Gasteiger partial charge on any atom is -0.482 e. The van der Waals surface area contributed by atoms with Crippen molar-refractivity contribution >= 4 is 17.6 Å². The van der Waals surface area contributed by atoms with Crippen molar-refractivity contribution in [2.24, 2.45) is 5.41 Å². The fourth-order valence-electron chi connectivity index (χ4n) is 2.33. The summed E-state index contributed by atoms with van der Waals surface area (Å²) in [6.45, 7) is -0.0338. The predicted molar refractivity (Wildman–Crippen MR) is 64.8 cm³/mol. The van der Waals surface area contributed by atoms with Crippen molar-refractivity contribution < 1.29 is 24.5 Å². The van der Waals surface area contributed by atoms with Crippen molar-refractivity contribution in [1.29, 1.82) is 0 Å². The summed E-state index contributed by atoms with van der Waals surface area (Å²) in [6.07, 6.45) is -0.151. The van der Waals surface area contributed by atoms with Crippen LogP contribution in [0.5, 0.6) is 5.75 Å². The summed E-state index contributed by atoms with van der Waals surface area (Å²) in [4.78, 5) is 22.4. The molecule has 0 aromatic heterocycles. The number of hydrogen-bond donors (Lipinski definition) is 3. The van der Waals surface area contributed by atoms with Gasteiger partial charge in [-0.2, -0.15) is 0 Å². The van der Waals surface area contributed by atoms with Crippen LogP contribution in [0.25, 0.3) is 0 Å². The summed E-state index contributed by atoms with van der Waals surface area (Å²) < 4.78 is 5.21. The highest BCUT2D eigenvalue weighted by molar-refractivity contribution is 5.95. The maximum Gasteiger partial charge on any atom is 0.312 e. The highest BCUT2D eigenvalue weighted by atomic mass is 16.5. The molecule has 0 radical (unpaired) electrons. The zero-order chi connectivity index (χ0) is 13.6. The molecule has 3 rings (SSSR count). The number of benzene rings is 1. The largest absolute Gasteiger partial charge is 0.482 e. The smallest absolute Gasteiger partial charge is 0.312 e. The summed E-state index contributed by atoms with van der Waals surface area (Å²) in [5.41, 5.74) is -0.133. The number of carboxylic acids is 1. The molecular formula is C13H13NO5. The number of aliphatic hydroxyl groups excluding tert-OH is 1. The molecule has 1 heterocycles. The summed E-state index contributed by atoms with van der Waals surface area (Å²) in [7, 11) is 0. The molecule has 6 heteroatoms. The van der Waals surface area contributed by atoms with Gasteiger partial charge in [-0.3, -0.25) is 9.59 Å². The van der Waals surface area contributed by atoms with Gasteiger partial charge in [0, 0.05) is 0 Å². The number of amides is 1. The van der Waals surface area contributed by atoms with E-state index in [4.69, 9.17) is 9.84 Å². The maximum absolute atomic E-state index is 11.2. The zero-order valence-electron chi connectivity index (χ0n) is 10.0. The fourth-order valence-corrected chi connectivity index (χ4v) is 2.33. The molecule has 1 unspecified atom stereocenters. The topological polar surface area (TPSA) is 95.9 Å². The van der Waals surface area contributed by atoms with E-state index in [1.807, 2.05) is 0 Å². The molecule has 3 N–H and O–H groups in total. The van der Waals surface area contributed by atoms with E-state index in [9.17, 15) is 14.7 Å². The van der Waals surface area contributed by atoms with E-state index < -0.39 is 17.5 Å². The summed E-state index contributed by atoms with van der Waals surface area (Å²) >= 11 is 0. The molecule has 1 aromatic rings. The third-order valence-electron chi connectivity index (χ3n) is 3.69. The number of carboxylic acid groups (broad SMARTS) is 1. The van der Waals surface area contributed by atoms with Gasteiger partial charge in [0.2, 0.25) is 0 Å². The number of nitrogens with one attached hydrogen (secondary N) is 1. The number of anilines is 1. The van der Waals surface area contributed by atoms with E-state index in [0.29, 0.717) is 29.8 Å². The first kappa shape index (κ1) is 12.0. The quantitative estimate of drug-likeness (QED) is 0.753. The summed E-state index contributed by atoms with van der Waals surface area (Å²) in [6, 6.07) is 4.83. The number of rotatable bonds is 3. The number of carbonyl (C=O) groups is 2. The highest BCUT2D eigenvalue weighted by Crippen LogP contribution is 2.55. The van der Waals surface area contributed by atoms with Gasteiger partial charge < -0.3 is 20.3 Å². The molecule has 0 saturated heterocycles. The second kappa shape index (κ2) is 3.96. The van der Waals surface area contributed by atoms with E-state index in [-0.39, 0.29) is 12.5 Å². The van der Waals surface area contributed by atoms with Gasteiger partial charge in [0.1, 0.15) is 5.75 Å². The van der Waals surface area contributed by atoms with Crippen LogP contribution < -0.4 is 10.1 Å². The minimum absolute atomic E-state index is 0.0338. The lowest BCUT2D eigenvalue weighted by atomic mass is 9.92. The lowest BCUT2D eigenvalue weighted by Crippen LogP contribution is -2.26. The number of carbonyl (C=O) groups excluding carboxylic acids is 1. The second-order valence-corrected chi connectivity index (χ2v) is 4.96. The molecule has 1 aliphatic heterocycles. The first-order valence-corrected chi connectivity index (χ1v) is 6.01. The van der Waals surface area contributed by atoms with Crippen LogP contribution in [0.3, 0.4) is 0 Å². The molecular weight excluding hydrogens is 250 g/mol. The van der Waals surface area contributed by atoms with Crippen molar-refractivity contribution in [3.8, 4) is 5.75 Å². The third-order valence-corrected chi connectivity index (χ3v) is 3.69. The second-order valence-electron chi connectivity index (χ2n) is 4.96. The predicted octanol–water partition coefficient (Wildman–Crippen LogP) is 0.916. The normalized spacial score (nSPS) is 20.8. The number of ether oxygens (including phenoxy) is 1. The monoisotopic (exact) mass is 263 g/mol. The van der Waals surface area contributed by atoms with Crippen LogP contribution in [0.4, 0.5) is 5.69 Å². The lowest BCUT2D eigenvalue weighted by Gasteiger charge is -2.22. The van der Waals surface area contributed by atoms with Gasteiger partial charge in [-0.05, 0) is 30.5 Å². The Morgan fingerprint density at radius 2 is 2.16 bits per heavy atom. The van der Waals surface area contributed by atoms with Gasteiger partial charge >= 0.3 is 5.97 Å². The van der Waals surface area contributed by atoms with Crippen LogP contribution in [-0.2, 0) is 9.59 Å². The molecule has 6 nitrogen and oxygen atoms in total. The Hall–Kier alpha value is -2.08. The highest BCUT2D eigenvalue weighted by Gasteiger charge is 2.56. The van der Waals surface area contributed by atoms with Crippen molar-refractivity contribution in [2.75, 3.05) is 11.9 Å². The van der Waals surface area contributed by atoms with Crippen LogP contribution in [0, 0.1) is 5.41 Å². The molecule has 1 atom stereocenters. The third kappa shape index (κ3) is 1.84. The van der Waals surface area contributed by atoms with Crippen LogP contribution >= 0.6 is 0 Å². The van der Waals surface area contributed by atoms with Crippen molar-refractivity contribution in [3.63, 3.8) is 0 Å². The zero-order valence-corrected chi connectivity index (χ0v) is 10.0. The Kier molecular flexibility index (Phi) is 2.50. The fraction of sp³-hybridized carbons (Fsp3) is 0.385. The van der Waals surface area contributed by atoms with Gasteiger partial charge in [-0.15, -0.1) is 0 Å². The molecule has 0 bridgehead atoms. The lowest BCUT2D eigenvalue weighted by molar-refractivity contribution is -0.148. The first-order valence-electron chi connectivity index (χ1n) is 6.01. The molecule has 2 aliphatic rings. The molecule has 1 aliphatic carbocycles. The Bertz CT molecular complexity index is 564. The minimum atomic E-state index is -1.08. The summed E-state index contributed by atoms with van der Waals surface area (Å²) in [5.74, 6) is -0.729. The molecule has 19 heavy (non-hydrogen) atoms. The van der Waals surface area contributed by atoms with E-state index in [2.05, 4.69) is 5.32 Å². The van der Waals surface area contributed by atoms with Crippen LogP contribution in [-0.4, -0.2) is 28.7 Å². The Morgan fingerprint density at radius 3 is 2.79 bits per heavy atom. The summed E-state index contributed by atoms with van der Waals surface area (Å²) in [5, 5.41) is 22.0. The number of fused-ring (bicyclic) bond motifs is 1.